The van der Waals surface area contributed by atoms with Gasteiger partial charge in [0.1, 0.15) is 23.7 Å². The monoisotopic (exact) mass is 300 g/mol. The third-order valence-electron chi connectivity index (χ3n) is 3.56. The molecule has 0 aliphatic carbocycles. The Hall–Kier alpha value is -2.34. The zero-order valence-corrected chi connectivity index (χ0v) is 12.6. The number of ether oxygens (including phenoxy) is 2. The second kappa shape index (κ2) is 7.09. The lowest BCUT2D eigenvalue weighted by molar-refractivity contribution is 0.120. The van der Waals surface area contributed by atoms with Crippen molar-refractivity contribution in [2.24, 2.45) is 0 Å². The fourth-order valence-electron chi connectivity index (χ4n) is 2.37. The second-order valence-corrected chi connectivity index (χ2v) is 5.16. The number of hydrogen-bond donors (Lipinski definition) is 2. The summed E-state index contributed by atoms with van der Waals surface area (Å²) in [6.45, 7) is 1.64. The smallest absolute Gasteiger partial charge is 0.135 e. The molecule has 1 aromatic carbocycles. The maximum atomic E-state index is 5.59. The van der Waals surface area contributed by atoms with Gasteiger partial charge in [-0.2, -0.15) is 0 Å². The van der Waals surface area contributed by atoms with E-state index in [1.807, 2.05) is 30.3 Å². The molecule has 2 heterocycles. The fraction of sp³-hybridized carbons (Fsp3) is 0.375. The number of rotatable bonds is 6. The molecule has 1 unspecified atom stereocenters. The van der Waals surface area contributed by atoms with E-state index in [0.717, 1.165) is 49.1 Å². The van der Waals surface area contributed by atoms with Gasteiger partial charge in [-0.05, 0) is 37.1 Å². The Kier molecular flexibility index (Phi) is 4.70. The predicted molar refractivity (Wildman–Crippen MR) is 85.8 cm³/mol. The number of methoxy groups -OCH3 is 1. The molecular formula is C16H20N4O2. The first-order valence-corrected chi connectivity index (χ1v) is 7.42. The largest absolute Gasteiger partial charge is 0.497 e. The number of nitrogens with zero attached hydrogens (tertiary/aromatic N) is 2. The normalized spacial score (nSPS) is 17.2. The molecule has 0 radical (unpaired) electrons. The minimum absolute atomic E-state index is 0.285. The maximum Gasteiger partial charge on any atom is 0.135 e. The summed E-state index contributed by atoms with van der Waals surface area (Å²) in [6, 6.07) is 9.58. The Morgan fingerprint density at radius 3 is 2.77 bits per heavy atom. The van der Waals surface area contributed by atoms with Crippen LogP contribution in [0.25, 0.3) is 0 Å². The molecule has 2 aromatic rings. The molecule has 0 spiro atoms. The van der Waals surface area contributed by atoms with Crippen LogP contribution in [0, 0.1) is 0 Å². The van der Waals surface area contributed by atoms with E-state index in [4.69, 9.17) is 9.47 Å². The molecule has 1 aromatic heterocycles. The van der Waals surface area contributed by atoms with Crippen LogP contribution < -0.4 is 15.4 Å². The summed E-state index contributed by atoms with van der Waals surface area (Å²) in [7, 11) is 1.65. The van der Waals surface area contributed by atoms with Crippen LogP contribution in [0.4, 0.5) is 17.3 Å². The van der Waals surface area contributed by atoms with Crippen LogP contribution in [0.2, 0.25) is 0 Å². The summed E-state index contributed by atoms with van der Waals surface area (Å²) in [4.78, 5) is 8.46. The molecule has 116 valence electrons. The van der Waals surface area contributed by atoms with Crippen LogP contribution in [0.1, 0.15) is 12.8 Å². The Labute approximate surface area is 129 Å². The molecule has 0 bridgehead atoms. The zero-order valence-electron chi connectivity index (χ0n) is 12.6. The van der Waals surface area contributed by atoms with E-state index < -0.39 is 0 Å². The fourth-order valence-corrected chi connectivity index (χ4v) is 2.37. The molecule has 1 aliphatic heterocycles. The molecule has 1 atom stereocenters. The Balaban J connectivity index is 1.59. The highest BCUT2D eigenvalue weighted by atomic mass is 16.5. The van der Waals surface area contributed by atoms with E-state index in [0.29, 0.717) is 0 Å². The lowest BCUT2D eigenvalue weighted by atomic mass is 10.2. The summed E-state index contributed by atoms with van der Waals surface area (Å²) in [6.07, 6.45) is 4.08. The Morgan fingerprint density at radius 2 is 2.05 bits per heavy atom. The molecular weight excluding hydrogens is 280 g/mol. The molecule has 0 saturated carbocycles. The predicted octanol–water partition coefficient (Wildman–Crippen LogP) is 2.82. The van der Waals surface area contributed by atoms with E-state index in [2.05, 4.69) is 20.6 Å². The summed E-state index contributed by atoms with van der Waals surface area (Å²) < 4.78 is 10.7. The van der Waals surface area contributed by atoms with Crippen LogP contribution in [-0.4, -0.2) is 36.3 Å². The Morgan fingerprint density at radius 1 is 1.23 bits per heavy atom. The number of benzene rings is 1. The average molecular weight is 300 g/mol. The van der Waals surface area contributed by atoms with E-state index >= 15 is 0 Å². The van der Waals surface area contributed by atoms with E-state index in [1.54, 1.807) is 13.4 Å². The molecule has 0 amide bonds. The lowest BCUT2D eigenvalue weighted by Gasteiger charge is -2.12. The van der Waals surface area contributed by atoms with Gasteiger partial charge >= 0.3 is 0 Å². The first-order chi connectivity index (χ1) is 10.8. The van der Waals surface area contributed by atoms with Crippen LogP contribution in [0.5, 0.6) is 5.75 Å². The molecule has 6 nitrogen and oxygen atoms in total. The van der Waals surface area contributed by atoms with E-state index in [9.17, 15) is 0 Å². The topological polar surface area (TPSA) is 68.3 Å². The highest BCUT2D eigenvalue weighted by Gasteiger charge is 2.15. The molecule has 2 N–H and O–H groups in total. The third-order valence-corrected chi connectivity index (χ3v) is 3.56. The average Bonchev–Trinajstić information content (AvgIpc) is 3.08. The molecule has 22 heavy (non-hydrogen) atoms. The second-order valence-electron chi connectivity index (χ2n) is 5.16. The van der Waals surface area contributed by atoms with Gasteiger partial charge in [0.15, 0.2) is 0 Å². The van der Waals surface area contributed by atoms with Crippen LogP contribution in [-0.2, 0) is 4.74 Å². The van der Waals surface area contributed by atoms with Crippen molar-refractivity contribution in [2.75, 3.05) is 30.9 Å². The highest BCUT2D eigenvalue weighted by molar-refractivity contribution is 5.59. The number of nitrogens with one attached hydrogen (secondary N) is 2. The van der Waals surface area contributed by atoms with Crippen LogP contribution in [0.3, 0.4) is 0 Å². The third kappa shape index (κ3) is 3.85. The van der Waals surface area contributed by atoms with Crippen molar-refractivity contribution < 1.29 is 9.47 Å². The SMILES string of the molecule is COc1ccc(Nc2cc(NCC3CCCO3)ncn2)cc1. The van der Waals surface area contributed by atoms with Crippen molar-refractivity contribution in [3.05, 3.63) is 36.7 Å². The molecule has 1 aliphatic rings. The number of aromatic nitrogens is 2. The van der Waals surface area contributed by atoms with Crippen molar-refractivity contribution in [1.29, 1.82) is 0 Å². The molecule has 1 fully saturated rings. The van der Waals surface area contributed by atoms with Crippen molar-refractivity contribution in [1.82, 2.24) is 9.97 Å². The van der Waals surface area contributed by atoms with Crippen molar-refractivity contribution in [2.45, 2.75) is 18.9 Å². The van der Waals surface area contributed by atoms with E-state index in [-0.39, 0.29) is 6.10 Å². The van der Waals surface area contributed by atoms with Gasteiger partial charge in [-0.25, -0.2) is 9.97 Å². The van der Waals surface area contributed by atoms with Gasteiger partial charge in [-0.3, -0.25) is 0 Å². The highest BCUT2D eigenvalue weighted by Crippen LogP contribution is 2.20. The van der Waals surface area contributed by atoms with Gasteiger partial charge in [0.05, 0.1) is 13.2 Å². The van der Waals surface area contributed by atoms with Crippen molar-refractivity contribution >= 4 is 17.3 Å². The van der Waals surface area contributed by atoms with Gasteiger partial charge in [0.25, 0.3) is 0 Å². The number of anilines is 3. The number of hydrogen-bond acceptors (Lipinski definition) is 6. The first kappa shape index (κ1) is 14.6. The lowest BCUT2D eigenvalue weighted by Crippen LogP contribution is -2.19. The summed E-state index contributed by atoms with van der Waals surface area (Å²) in [5, 5.41) is 6.54. The van der Waals surface area contributed by atoms with Crippen molar-refractivity contribution in [3.8, 4) is 5.75 Å². The standard InChI is InChI=1S/C16H20N4O2/c1-21-13-6-4-12(5-7-13)20-16-9-15(18-11-19-16)17-10-14-3-2-8-22-14/h4-7,9,11,14H,2-3,8,10H2,1H3,(H2,17,18,19,20). The van der Waals surface area contributed by atoms with Gasteiger partial charge in [-0.1, -0.05) is 0 Å². The van der Waals surface area contributed by atoms with E-state index in [1.165, 1.54) is 0 Å². The zero-order chi connectivity index (χ0) is 15.2. The minimum Gasteiger partial charge on any atom is -0.497 e. The van der Waals surface area contributed by atoms with Crippen LogP contribution in [0.15, 0.2) is 36.7 Å². The quantitative estimate of drug-likeness (QED) is 0.855. The van der Waals surface area contributed by atoms with Gasteiger partial charge in [-0.15, -0.1) is 0 Å². The van der Waals surface area contributed by atoms with Gasteiger partial charge in [0.2, 0.25) is 0 Å². The van der Waals surface area contributed by atoms with Crippen molar-refractivity contribution in [3.63, 3.8) is 0 Å². The maximum absolute atomic E-state index is 5.59. The molecule has 1 saturated heterocycles. The summed E-state index contributed by atoms with van der Waals surface area (Å²) >= 11 is 0. The Bertz CT molecular complexity index is 597. The summed E-state index contributed by atoms with van der Waals surface area (Å²) in [5.74, 6) is 2.36. The summed E-state index contributed by atoms with van der Waals surface area (Å²) in [5.41, 5.74) is 0.949. The van der Waals surface area contributed by atoms with Crippen LogP contribution >= 0.6 is 0 Å². The molecule has 3 rings (SSSR count). The minimum atomic E-state index is 0.285. The van der Waals surface area contributed by atoms with Gasteiger partial charge in [0, 0.05) is 24.9 Å². The molecule has 6 heteroatoms. The first-order valence-electron chi connectivity index (χ1n) is 7.42. The van der Waals surface area contributed by atoms with Gasteiger partial charge < -0.3 is 20.1 Å².